The number of nitrogens with one attached hydrogen (secondary N) is 1. The molecule has 1 amide bonds. The van der Waals surface area contributed by atoms with Gasteiger partial charge in [0.25, 0.3) is 0 Å². The molecular formula is C48H67GdN11O6. The minimum absolute atomic E-state index is 0. The van der Waals surface area contributed by atoms with E-state index in [4.69, 9.17) is 0 Å². The number of hydrogen-bond acceptors (Lipinski definition) is 14. The van der Waals surface area contributed by atoms with E-state index in [2.05, 4.69) is 44.9 Å². The molecule has 66 heavy (non-hydrogen) atoms. The van der Waals surface area contributed by atoms with Crippen LogP contribution in [0.15, 0.2) is 97.6 Å². The average Bonchev–Trinajstić information content (AvgIpc) is 3.30. The molecule has 1 saturated heterocycles. The molecule has 0 aromatic carbocycles. The van der Waals surface area contributed by atoms with Crippen LogP contribution < -0.4 is 5.32 Å². The van der Waals surface area contributed by atoms with Crippen molar-refractivity contribution in [2.45, 2.75) is 45.2 Å². The zero-order chi connectivity index (χ0) is 45.9. The smallest absolute Gasteiger partial charge is 0.317 e. The molecule has 0 unspecified atom stereocenters. The van der Waals surface area contributed by atoms with Gasteiger partial charge in [-0.25, -0.2) is 0 Å². The summed E-state index contributed by atoms with van der Waals surface area (Å²) in [4.78, 5) is 81.2. The third kappa shape index (κ3) is 23.0. The molecule has 1 fully saturated rings. The summed E-state index contributed by atoms with van der Waals surface area (Å²) in [7, 11) is 0. The Morgan fingerprint density at radius 2 is 0.955 bits per heavy atom. The summed E-state index contributed by atoms with van der Waals surface area (Å²) in [6, 6.07) is 23.5. The molecule has 1 aliphatic rings. The van der Waals surface area contributed by atoms with Gasteiger partial charge in [0.05, 0.1) is 37.4 Å². The van der Waals surface area contributed by atoms with Gasteiger partial charge in [0, 0.05) is 194 Å². The Kier molecular flexibility index (Phi) is 26.1. The van der Waals surface area contributed by atoms with Crippen LogP contribution in [-0.4, -0.2) is 194 Å². The number of carboxylic acids is 2. The third-order valence-corrected chi connectivity index (χ3v) is 11.4. The van der Waals surface area contributed by atoms with E-state index < -0.39 is 11.9 Å². The Hall–Kier alpha value is -4.24. The standard InChI is InChI=1S/C48H67N11O6.Gd/c60-45(14-9-23-55(36-43-12-3-7-20-51-43)24-15-41-10-1-5-18-49-41)38-57-30-28-54(26-17-47(62)63)29-31-58(33-35-59(34-32-57)40-48(64)65)39-46(61)53-22-27-56(37-44-13-4-8-21-52-44)25-16-42-11-2-6-19-50-42;/h1-8,10-13,18-21H,9,14-17,22-40H2,(H,53,61)(H,62,63)(H,64,65);. The molecule has 5 rings (SSSR count). The molecule has 17 nitrogen and oxygen atoms in total. The fourth-order valence-electron chi connectivity index (χ4n) is 7.78. The number of amides is 1. The number of carbonyl (C=O) groups is 4. The van der Waals surface area contributed by atoms with Gasteiger partial charge in [-0.1, -0.05) is 24.3 Å². The molecule has 0 atom stereocenters. The van der Waals surface area contributed by atoms with E-state index in [1.807, 2.05) is 82.6 Å². The van der Waals surface area contributed by atoms with E-state index >= 15 is 0 Å². The van der Waals surface area contributed by atoms with Crippen LogP contribution in [0.3, 0.4) is 0 Å². The van der Waals surface area contributed by atoms with Gasteiger partial charge < -0.3 is 20.4 Å². The summed E-state index contributed by atoms with van der Waals surface area (Å²) in [5.74, 6) is -1.87. The van der Waals surface area contributed by atoms with E-state index in [1.165, 1.54) is 0 Å². The number of carboxylic acid groups (broad SMARTS) is 2. The second-order valence-electron chi connectivity index (χ2n) is 16.5. The number of ketones is 1. The first-order valence-corrected chi connectivity index (χ1v) is 22.8. The maximum Gasteiger partial charge on any atom is 0.317 e. The number of rotatable bonds is 26. The van der Waals surface area contributed by atoms with E-state index in [9.17, 15) is 29.4 Å². The number of pyridine rings is 4. The third-order valence-electron chi connectivity index (χ3n) is 11.4. The van der Waals surface area contributed by atoms with Gasteiger partial charge >= 0.3 is 11.9 Å². The Morgan fingerprint density at radius 3 is 1.41 bits per heavy atom. The van der Waals surface area contributed by atoms with Crippen molar-refractivity contribution >= 4 is 23.6 Å². The number of aromatic nitrogens is 4. The molecule has 5 heterocycles. The van der Waals surface area contributed by atoms with Crippen molar-refractivity contribution in [1.29, 1.82) is 0 Å². The van der Waals surface area contributed by atoms with Gasteiger partial charge in [-0.2, -0.15) is 0 Å². The van der Waals surface area contributed by atoms with Crippen molar-refractivity contribution < 1.29 is 69.3 Å². The van der Waals surface area contributed by atoms with Gasteiger partial charge in [0.2, 0.25) is 5.91 Å². The molecule has 4 aromatic heterocycles. The van der Waals surface area contributed by atoms with Gasteiger partial charge in [-0.15, -0.1) is 0 Å². The fraction of sp³-hybridized carbons (Fsp3) is 0.500. The van der Waals surface area contributed by atoms with Crippen LogP contribution in [0.1, 0.15) is 42.0 Å². The molecule has 4 aromatic rings. The van der Waals surface area contributed by atoms with Crippen LogP contribution in [0, 0.1) is 39.9 Å². The molecule has 3 N–H and O–H groups in total. The quantitative estimate of drug-likeness (QED) is 0.0830. The summed E-state index contributed by atoms with van der Waals surface area (Å²) in [6.07, 6.45) is 9.73. The largest absolute Gasteiger partial charge is 0.481 e. The summed E-state index contributed by atoms with van der Waals surface area (Å²) in [5.41, 5.74) is 3.91. The molecule has 1 aliphatic heterocycles. The minimum atomic E-state index is -0.944. The number of hydrogen-bond donors (Lipinski definition) is 3. The Labute approximate surface area is 421 Å². The summed E-state index contributed by atoms with van der Waals surface area (Å²) < 4.78 is 0. The SMILES string of the molecule is O=C(O)CCN1CCN(CC(=O)CCCN(CCc2ccccn2)Cc2ccccn2)CCN(CC(=O)O)CCN(CC(=O)NCCN(CCc2ccccn2)Cc2ccccn2)CC1.[Gd]. The monoisotopic (exact) mass is 1050 g/mol. The van der Waals surface area contributed by atoms with Crippen molar-refractivity contribution in [3.05, 3.63) is 120 Å². The molecular weight excluding hydrogens is 984 g/mol. The first-order chi connectivity index (χ1) is 31.7. The van der Waals surface area contributed by atoms with Gasteiger partial charge in [-0.05, 0) is 61.5 Å². The second-order valence-corrected chi connectivity index (χ2v) is 16.5. The molecule has 0 aliphatic carbocycles. The molecule has 0 radical (unpaired) electrons. The zero-order valence-electron chi connectivity index (χ0n) is 38.1. The van der Waals surface area contributed by atoms with Crippen molar-refractivity contribution in [1.82, 2.24) is 54.7 Å². The number of carbonyl (C=O) groups excluding carboxylic acids is 2. The second kappa shape index (κ2) is 31.7. The van der Waals surface area contributed by atoms with Crippen LogP contribution in [0.2, 0.25) is 0 Å². The van der Waals surface area contributed by atoms with E-state index in [0.717, 1.165) is 55.3 Å². The number of aliphatic carboxylic acids is 2. The Balaban J connectivity index is 0.00000952. The molecule has 0 bridgehead atoms. The van der Waals surface area contributed by atoms with Crippen molar-refractivity contribution in [3.8, 4) is 0 Å². The van der Waals surface area contributed by atoms with Crippen LogP contribution in [-0.2, 0) is 45.1 Å². The van der Waals surface area contributed by atoms with Gasteiger partial charge in [0.15, 0.2) is 0 Å². The van der Waals surface area contributed by atoms with Crippen molar-refractivity contribution in [2.75, 3.05) is 111 Å². The minimum Gasteiger partial charge on any atom is -0.481 e. The molecule has 0 spiro atoms. The molecule has 358 valence electrons. The summed E-state index contributed by atoms with van der Waals surface area (Å²) >= 11 is 0. The summed E-state index contributed by atoms with van der Waals surface area (Å²) in [5, 5.41) is 22.5. The molecule has 0 saturated carbocycles. The zero-order valence-corrected chi connectivity index (χ0v) is 40.3. The predicted octanol–water partition coefficient (Wildman–Crippen LogP) is 2.30. The van der Waals surface area contributed by atoms with Crippen LogP contribution in [0.5, 0.6) is 0 Å². The topological polar surface area (TPSA) is 192 Å². The van der Waals surface area contributed by atoms with Crippen molar-refractivity contribution in [3.63, 3.8) is 0 Å². The van der Waals surface area contributed by atoms with Crippen molar-refractivity contribution in [2.24, 2.45) is 0 Å². The Morgan fingerprint density at radius 1 is 0.515 bits per heavy atom. The van der Waals surface area contributed by atoms with E-state index in [1.54, 1.807) is 24.8 Å². The number of Topliss-reactive ketones (excluding diaryl/α,β-unsaturated/α-hetero) is 1. The van der Waals surface area contributed by atoms with E-state index in [0.29, 0.717) is 97.9 Å². The first kappa shape index (κ1) is 54.4. The Bertz CT molecular complexity index is 1850. The first-order valence-electron chi connectivity index (χ1n) is 22.8. The summed E-state index contributed by atoms with van der Waals surface area (Å²) in [6.45, 7) is 8.86. The van der Waals surface area contributed by atoms with Gasteiger partial charge in [0.1, 0.15) is 5.78 Å². The normalized spacial score (nSPS) is 14.8. The fourth-order valence-corrected chi connectivity index (χ4v) is 7.78. The van der Waals surface area contributed by atoms with Gasteiger partial charge in [-0.3, -0.25) is 63.6 Å². The average molecular weight is 1050 g/mol. The maximum absolute atomic E-state index is 13.6. The van der Waals surface area contributed by atoms with Crippen LogP contribution in [0.4, 0.5) is 0 Å². The predicted molar refractivity (Wildman–Crippen MR) is 248 cm³/mol. The van der Waals surface area contributed by atoms with E-state index in [-0.39, 0.29) is 77.7 Å². The van der Waals surface area contributed by atoms with Crippen LogP contribution in [0.25, 0.3) is 0 Å². The maximum atomic E-state index is 13.6. The molecule has 18 heteroatoms. The van der Waals surface area contributed by atoms with Crippen LogP contribution >= 0.6 is 0 Å². The number of nitrogens with zero attached hydrogens (tertiary/aromatic N) is 10.